The number of piperidine rings is 2. The third-order valence-corrected chi connectivity index (χ3v) is 9.72. The normalized spacial score (nSPS) is 21.5. The Labute approximate surface area is 254 Å². The number of amides is 1. The summed E-state index contributed by atoms with van der Waals surface area (Å²) in [7, 11) is 0. The monoisotopic (exact) mass is 594 g/mol. The molecule has 1 aromatic carbocycles. The van der Waals surface area contributed by atoms with Crippen molar-refractivity contribution in [1.82, 2.24) is 24.7 Å². The molecule has 4 fully saturated rings. The topological polar surface area (TPSA) is 80.3 Å². The van der Waals surface area contributed by atoms with Crippen molar-refractivity contribution in [2.75, 3.05) is 107 Å². The van der Waals surface area contributed by atoms with E-state index in [0.717, 1.165) is 101 Å². The summed E-state index contributed by atoms with van der Waals surface area (Å²) < 4.78 is 5.48. The van der Waals surface area contributed by atoms with Crippen molar-refractivity contribution in [2.24, 2.45) is 0 Å². The molecule has 1 aromatic heterocycles. The van der Waals surface area contributed by atoms with E-state index in [-0.39, 0.29) is 0 Å². The first kappa shape index (κ1) is 29.5. The Bertz CT molecular complexity index is 1160. The van der Waals surface area contributed by atoms with Gasteiger partial charge in [-0.2, -0.15) is 0 Å². The van der Waals surface area contributed by atoms with Crippen LogP contribution in [0.4, 0.5) is 23.0 Å². The van der Waals surface area contributed by atoms with Gasteiger partial charge in [0, 0.05) is 75.8 Å². The van der Waals surface area contributed by atoms with E-state index >= 15 is 0 Å². The van der Waals surface area contributed by atoms with Gasteiger partial charge in [0.1, 0.15) is 11.6 Å². The lowest BCUT2D eigenvalue weighted by atomic mass is 10.00. The molecule has 2 aromatic rings. The number of nitrogens with one attached hydrogen (secondary N) is 1. The van der Waals surface area contributed by atoms with Crippen LogP contribution in [0.15, 0.2) is 35.5 Å². The maximum Gasteiger partial charge on any atom is 0.236 e. The maximum atomic E-state index is 13.1. The van der Waals surface area contributed by atoms with Crippen molar-refractivity contribution in [3.8, 4) is 0 Å². The fraction of sp³-hybridized carbons (Fsp3) is 0.645. The summed E-state index contributed by atoms with van der Waals surface area (Å²) in [5.74, 6) is 2.03. The van der Waals surface area contributed by atoms with E-state index in [4.69, 9.17) is 14.7 Å². The van der Waals surface area contributed by atoms with Crippen molar-refractivity contribution >= 4 is 40.7 Å². The standard InChI is InChI=1S/C31H46N8O2S/c1-42-31-33-28(32-25-5-7-26(8-6-25)37-19-21-41-22-20-37)23-29(34-31)38-17-15-35(16-18-38)24-30(40)39-13-9-27(10-14-39)36-11-3-2-4-12-36/h5-8,23,27H,2-4,9-22,24H2,1H3,(H,32,33,34). The van der Waals surface area contributed by atoms with Gasteiger partial charge in [-0.3, -0.25) is 9.69 Å². The van der Waals surface area contributed by atoms with Crippen LogP contribution in [0, 0.1) is 0 Å². The number of nitrogens with zero attached hydrogens (tertiary/aromatic N) is 7. The summed E-state index contributed by atoms with van der Waals surface area (Å²) in [6.07, 6.45) is 8.30. The van der Waals surface area contributed by atoms with Gasteiger partial charge in [0.05, 0.1) is 19.8 Å². The predicted molar refractivity (Wildman–Crippen MR) is 170 cm³/mol. The van der Waals surface area contributed by atoms with Crippen LogP contribution in [0.25, 0.3) is 0 Å². The number of benzene rings is 1. The third kappa shape index (κ3) is 7.48. The fourth-order valence-electron chi connectivity index (χ4n) is 6.65. The SMILES string of the molecule is CSc1nc(Nc2ccc(N3CCOCC3)cc2)cc(N2CCN(CC(=O)N3CCC(N4CCCCC4)CC3)CC2)n1. The highest BCUT2D eigenvalue weighted by atomic mass is 32.2. The lowest BCUT2D eigenvalue weighted by molar-refractivity contribution is -0.134. The molecule has 1 N–H and O–H groups in total. The van der Waals surface area contributed by atoms with Crippen LogP contribution in [-0.4, -0.2) is 128 Å². The van der Waals surface area contributed by atoms with Gasteiger partial charge in [0.2, 0.25) is 5.91 Å². The van der Waals surface area contributed by atoms with E-state index in [1.807, 2.05) is 12.3 Å². The molecule has 0 atom stereocenters. The van der Waals surface area contributed by atoms with Crippen LogP contribution in [-0.2, 0) is 9.53 Å². The zero-order valence-electron chi connectivity index (χ0n) is 25.0. The molecule has 0 radical (unpaired) electrons. The molecule has 0 unspecified atom stereocenters. The zero-order valence-corrected chi connectivity index (χ0v) is 25.9. The molecule has 4 aliphatic heterocycles. The number of ether oxygens (including phenoxy) is 1. The summed E-state index contributed by atoms with van der Waals surface area (Å²) in [4.78, 5) is 34.4. The average Bonchev–Trinajstić information content (AvgIpc) is 3.06. The number of carbonyl (C=O) groups is 1. The van der Waals surface area contributed by atoms with Crippen molar-refractivity contribution in [3.63, 3.8) is 0 Å². The molecule has 1 amide bonds. The summed E-state index contributed by atoms with van der Waals surface area (Å²) in [5, 5.41) is 4.24. The molecule has 0 aliphatic carbocycles. The maximum absolute atomic E-state index is 13.1. The molecule has 11 heteroatoms. The molecule has 0 spiro atoms. The van der Waals surface area contributed by atoms with Gasteiger partial charge in [-0.15, -0.1) is 0 Å². The number of hydrogen-bond donors (Lipinski definition) is 1. The Morgan fingerprint density at radius 1 is 0.881 bits per heavy atom. The highest BCUT2D eigenvalue weighted by molar-refractivity contribution is 7.98. The van der Waals surface area contributed by atoms with Gasteiger partial charge < -0.3 is 29.7 Å². The van der Waals surface area contributed by atoms with Gasteiger partial charge in [0.15, 0.2) is 5.16 Å². The highest BCUT2D eigenvalue weighted by Crippen LogP contribution is 2.26. The number of morpholine rings is 1. The molecule has 4 aliphatic rings. The molecule has 228 valence electrons. The number of rotatable bonds is 8. The third-order valence-electron chi connectivity index (χ3n) is 9.17. The van der Waals surface area contributed by atoms with E-state index in [9.17, 15) is 4.79 Å². The smallest absolute Gasteiger partial charge is 0.236 e. The first-order chi connectivity index (χ1) is 20.6. The first-order valence-corrected chi connectivity index (χ1v) is 17.0. The highest BCUT2D eigenvalue weighted by Gasteiger charge is 2.29. The minimum atomic E-state index is 0.290. The largest absolute Gasteiger partial charge is 0.378 e. The molecule has 4 saturated heterocycles. The number of likely N-dealkylation sites (tertiary alicyclic amines) is 2. The number of piperazine rings is 1. The van der Waals surface area contributed by atoms with Crippen LogP contribution in [0.2, 0.25) is 0 Å². The Morgan fingerprint density at radius 2 is 1.60 bits per heavy atom. The number of carbonyl (C=O) groups excluding carboxylic acids is 1. The van der Waals surface area contributed by atoms with Crippen molar-refractivity contribution in [1.29, 1.82) is 0 Å². The quantitative estimate of drug-likeness (QED) is 0.363. The fourth-order valence-corrected chi connectivity index (χ4v) is 7.02. The second-order valence-corrected chi connectivity index (χ2v) is 12.6. The van der Waals surface area contributed by atoms with Crippen LogP contribution in [0.1, 0.15) is 32.1 Å². The Balaban J connectivity index is 0.992. The van der Waals surface area contributed by atoms with Crippen molar-refractivity contribution < 1.29 is 9.53 Å². The molecule has 6 rings (SSSR count). The van der Waals surface area contributed by atoms with Gasteiger partial charge in [-0.25, -0.2) is 9.97 Å². The minimum absolute atomic E-state index is 0.290. The number of aromatic nitrogens is 2. The minimum Gasteiger partial charge on any atom is -0.378 e. The van der Waals surface area contributed by atoms with Crippen LogP contribution in [0.5, 0.6) is 0 Å². The van der Waals surface area contributed by atoms with Crippen LogP contribution < -0.4 is 15.1 Å². The van der Waals surface area contributed by atoms with E-state index in [1.165, 1.54) is 38.0 Å². The number of thioether (sulfide) groups is 1. The van der Waals surface area contributed by atoms with Crippen LogP contribution in [0.3, 0.4) is 0 Å². The van der Waals surface area contributed by atoms with E-state index in [0.29, 0.717) is 18.5 Å². The molecular weight excluding hydrogens is 548 g/mol. The second kappa shape index (κ2) is 14.2. The predicted octanol–water partition coefficient (Wildman–Crippen LogP) is 3.38. The first-order valence-electron chi connectivity index (χ1n) is 15.8. The van der Waals surface area contributed by atoms with E-state index in [1.54, 1.807) is 11.8 Å². The molecule has 5 heterocycles. The van der Waals surface area contributed by atoms with Gasteiger partial charge >= 0.3 is 0 Å². The lowest BCUT2D eigenvalue weighted by Gasteiger charge is -2.41. The van der Waals surface area contributed by atoms with E-state index in [2.05, 4.69) is 54.1 Å². The number of anilines is 4. The summed E-state index contributed by atoms with van der Waals surface area (Å²) in [6, 6.07) is 11.2. The van der Waals surface area contributed by atoms with Crippen LogP contribution >= 0.6 is 11.8 Å². The molecule has 10 nitrogen and oxygen atoms in total. The summed E-state index contributed by atoms with van der Waals surface area (Å²) >= 11 is 1.56. The summed E-state index contributed by atoms with van der Waals surface area (Å²) in [6.45, 7) is 11.7. The molecule has 0 saturated carbocycles. The second-order valence-electron chi connectivity index (χ2n) is 11.8. The number of hydrogen-bond acceptors (Lipinski definition) is 10. The Kier molecular flexibility index (Phi) is 10.00. The average molecular weight is 595 g/mol. The summed E-state index contributed by atoms with van der Waals surface area (Å²) in [5.41, 5.74) is 2.22. The molecule has 0 bridgehead atoms. The molecular formula is C31H46N8O2S. The van der Waals surface area contributed by atoms with Gasteiger partial charge in [0.25, 0.3) is 0 Å². The van der Waals surface area contributed by atoms with Crippen molar-refractivity contribution in [2.45, 2.75) is 43.3 Å². The van der Waals surface area contributed by atoms with Gasteiger partial charge in [-0.05, 0) is 69.3 Å². The lowest BCUT2D eigenvalue weighted by Crippen LogP contribution is -2.53. The Hall–Kier alpha value is -2.60. The van der Waals surface area contributed by atoms with Gasteiger partial charge in [-0.1, -0.05) is 18.2 Å². The zero-order chi connectivity index (χ0) is 28.7. The van der Waals surface area contributed by atoms with Crippen molar-refractivity contribution in [3.05, 3.63) is 30.3 Å². The molecule has 42 heavy (non-hydrogen) atoms. The Morgan fingerprint density at radius 3 is 2.29 bits per heavy atom. The van der Waals surface area contributed by atoms with E-state index < -0.39 is 0 Å².